The average molecular weight is 579 g/mol. The molecule has 232 valence electrons. The van der Waals surface area contributed by atoms with Crippen LogP contribution in [0.3, 0.4) is 0 Å². The van der Waals surface area contributed by atoms with Crippen molar-refractivity contribution in [2.24, 2.45) is 23.7 Å². The Morgan fingerprint density at radius 2 is 1.45 bits per heavy atom. The predicted molar refractivity (Wildman–Crippen MR) is 137 cm³/mol. The molecule has 0 bridgehead atoms. The summed E-state index contributed by atoms with van der Waals surface area (Å²) >= 11 is 0. The summed E-state index contributed by atoms with van der Waals surface area (Å²) in [7, 11) is 0. The molecule has 3 unspecified atom stereocenters. The summed E-state index contributed by atoms with van der Waals surface area (Å²) in [6, 6.07) is 0. The topological polar surface area (TPSA) is 177 Å². The quantitative estimate of drug-likeness (QED) is 0.274. The zero-order chi connectivity index (χ0) is 30.5. The highest BCUT2D eigenvalue weighted by Crippen LogP contribution is 2.41. The Hall–Kier alpha value is -1.87. The molecular formula is C27H46O13. The van der Waals surface area contributed by atoms with E-state index in [1.54, 1.807) is 13.8 Å². The molecule has 3 fully saturated rings. The lowest BCUT2D eigenvalue weighted by Gasteiger charge is -2.45. The zero-order valence-electron chi connectivity index (χ0n) is 24.8. The first-order valence-electron chi connectivity index (χ1n) is 13.6. The molecule has 0 amide bonds. The third-order valence-electron chi connectivity index (χ3n) is 7.45. The fraction of sp³-hybridized carbons (Fsp3) is 0.889. The maximum Gasteiger partial charge on any atom is 0.305 e. The van der Waals surface area contributed by atoms with Crippen LogP contribution in [0, 0.1) is 23.7 Å². The van der Waals surface area contributed by atoms with E-state index < -0.39 is 61.3 Å². The molecule has 13 heteroatoms. The van der Waals surface area contributed by atoms with Crippen molar-refractivity contribution in [3.63, 3.8) is 0 Å². The molecule has 3 N–H and O–H groups in total. The van der Waals surface area contributed by atoms with Gasteiger partial charge in [0.25, 0.3) is 0 Å². The molecule has 0 aromatic carbocycles. The van der Waals surface area contributed by atoms with Gasteiger partial charge in [0.1, 0.15) is 18.3 Å². The van der Waals surface area contributed by atoms with Gasteiger partial charge in [-0.15, -0.1) is 0 Å². The van der Waals surface area contributed by atoms with Gasteiger partial charge in [-0.25, -0.2) is 0 Å². The van der Waals surface area contributed by atoms with Gasteiger partial charge in [0.05, 0.1) is 25.4 Å². The molecule has 3 rings (SSSR count). The van der Waals surface area contributed by atoms with Crippen molar-refractivity contribution in [1.82, 2.24) is 0 Å². The van der Waals surface area contributed by atoms with E-state index in [4.69, 9.17) is 38.3 Å². The third kappa shape index (κ3) is 8.81. The Morgan fingerprint density at radius 3 is 1.95 bits per heavy atom. The molecule has 0 radical (unpaired) electrons. The second-order valence-electron chi connectivity index (χ2n) is 11.3. The molecule has 0 aliphatic carbocycles. The van der Waals surface area contributed by atoms with E-state index in [1.165, 1.54) is 20.8 Å². The third-order valence-corrected chi connectivity index (χ3v) is 7.45. The second-order valence-corrected chi connectivity index (χ2v) is 11.3. The first-order valence-corrected chi connectivity index (χ1v) is 13.6. The van der Waals surface area contributed by atoms with Crippen molar-refractivity contribution in [3.05, 3.63) is 0 Å². The molecule has 3 aliphatic heterocycles. The fourth-order valence-corrected chi connectivity index (χ4v) is 5.21. The smallest absolute Gasteiger partial charge is 0.305 e. The fourth-order valence-electron chi connectivity index (χ4n) is 5.21. The Balaban J connectivity index is 0.000000292. The second kappa shape index (κ2) is 14.3. The lowest BCUT2D eigenvalue weighted by atomic mass is 9.79. The normalized spacial score (nSPS) is 36.8. The number of aliphatic hydroxyl groups is 3. The predicted octanol–water partition coefficient (Wildman–Crippen LogP) is 0.891. The van der Waals surface area contributed by atoms with Crippen LogP contribution in [0.5, 0.6) is 0 Å². The number of rotatable bonds is 8. The number of ether oxygens (including phenoxy) is 7. The van der Waals surface area contributed by atoms with Crippen molar-refractivity contribution in [2.45, 2.75) is 117 Å². The number of carbonyl (C=O) groups excluding carboxylic acids is 3. The molecule has 0 aromatic rings. The molecule has 40 heavy (non-hydrogen) atoms. The minimum Gasteiger partial charge on any atom is -0.465 e. The molecular weight excluding hydrogens is 532 g/mol. The number of aliphatic hydroxyl groups excluding tert-OH is 3. The molecule has 0 aromatic heterocycles. The molecule has 0 spiro atoms. The molecule has 0 saturated carbocycles. The Morgan fingerprint density at radius 1 is 0.850 bits per heavy atom. The summed E-state index contributed by atoms with van der Waals surface area (Å²) in [5.74, 6) is -2.27. The molecule has 3 aliphatic rings. The lowest BCUT2D eigenvalue weighted by Crippen LogP contribution is -2.54. The van der Waals surface area contributed by atoms with Gasteiger partial charge in [0.15, 0.2) is 18.2 Å². The van der Waals surface area contributed by atoms with E-state index in [2.05, 4.69) is 0 Å². The summed E-state index contributed by atoms with van der Waals surface area (Å²) in [5, 5.41) is 28.0. The van der Waals surface area contributed by atoms with Gasteiger partial charge in [-0.05, 0) is 19.8 Å². The van der Waals surface area contributed by atoms with Crippen LogP contribution in [0.25, 0.3) is 0 Å². The highest BCUT2D eigenvalue weighted by molar-refractivity contribution is 5.67. The van der Waals surface area contributed by atoms with Gasteiger partial charge >= 0.3 is 17.9 Å². The number of esters is 3. The summed E-state index contributed by atoms with van der Waals surface area (Å²) in [6.45, 7) is 14.9. The van der Waals surface area contributed by atoms with Crippen LogP contribution < -0.4 is 0 Å². The van der Waals surface area contributed by atoms with Crippen LogP contribution in [0.1, 0.15) is 62.3 Å². The van der Waals surface area contributed by atoms with Gasteiger partial charge in [-0.3, -0.25) is 14.4 Å². The van der Waals surface area contributed by atoms with Gasteiger partial charge in [0, 0.05) is 38.5 Å². The van der Waals surface area contributed by atoms with Gasteiger partial charge in [-0.2, -0.15) is 0 Å². The average Bonchev–Trinajstić information content (AvgIpc) is 3.32. The van der Waals surface area contributed by atoms with Crippen LogP contribution in [-0.4, -0.2) is 101 Å². The van der Waals surface area contributed by atoms with E-state index in [0.717, 1.165) is 0 Å². The zero-order valence-corrected chi connectivity index (χ0v) is 24.8. The van der Waals surface area contributed by atoms with Crippen molar-refractivity contribution in [1.29, 1.82) is 0 Å². The largest absolute Gasteiger partial charge is 0.465 e. The van der Waals surface area contributed by atoms with Crippen molar-refractivity contribution in [2.75, 3.05) is 13.2 Å². The van der Waals surface area contributed by atoms with Crippen LogP contribution in [0.4, 0.5) is 0 Å². The van der Waals surface area contributed by atoms with Crippen molar-refractivity contribution in [3.8, 4) is 0 Å². The minimum atomic E-state index is -1.21. The Kier molecular flexibility index (Phi) is 12.3. The Bertz CT molecular complexity index is 863. The number of hydrogen-bond donors (Lipinski definition) is 3. The molecule has 3 saturated heterocycles. The van der Waals surface area contributed by atoms with E-state index in [1.807, 2.05) is 27.7 Å². The van der Waals surface area contributed by atoms with Crippen molar-refractivity contribution >= 4 is 17.9 Å². The molecule has 13 nitrogen and oxygen atoms in total. The SMILES string of the molecule is CC(=O)OC[C@@H](C)C1OC(OC(C)=O)C(OC(C)=O)[C@@H](C)[C@@H]1C.C[C@@H]1[C@H]2OC(C)(C)O[C@H]2O[C@@H]1[C@H](O)[C@H](O)CO. The number of hydrogen-bond acceptors (Lipinski definition) is 13. The van der Waals surface area contributed by atoms with Crippen molar-refractivity contribution < 1.29 is 62.9 Å². The number of carbonyl (C=O) groups is 3. The van der Waals surface area contributed by atoms with E-state index in [9.17, 15) is 24.6 Å². The van der Waals surface area contributed by atoms with Gasteiger partial charge < -0.3 is 48.5 Å². The first kappa shape index (κ1) is 34.3. The minimum absolute atomic E-state index is 0.0247. The van der Waals surface area contributed by atoms with E-state index in [-0.39, 0.29) is 48.5 Å². The molecule has 12 atom stereocenters. The maximum absolute atomic E-state index is 11.3. The highest BCUT2D eigenvalue weighted by Gasteiger charge is 2.55. The van der Waals surface area contributed by atoms with Gasteiger partial charge in [0.2, 0.25) is 6.29 Å². The van der Waals surface area contributed by atoms with Crippen LogP contribution >= 0.6 is 0 Å². The van der Waals surface area contributed by atoms with E-state index >= 15 is 0 Å². The maximum atomic E-state index is 11.3. The molecule has 3 heterocycles. The summed E-state index contributed by atoms with van der Waals surface area (Å²) < 4.78 is 38.1. The Labute approximate surface area is 235 Å². The standard InChI is InChI=1S/C16H26O7.C11H20O6/c1-8(7-20-11(4)17)14-9(2)10(3)15(21-12(5)18)16(23-14)22-13(6)19;1-5-8(7(14)6(13)4-12)15-10-9(5)16-11(2,3)17-10/h8-10,14-16H,7H2,1-6H3;5-10,12-14H,4H2,1-3H3/t8-,9+,10+,14?,15?,16?;5-,6+,7+,8-,9+,10+/m10/s1. The summed E-state index contributed by atoms with van der Waals surface area (Å²) in [5.41, 5.74) is 0. The summed E-state index contributed by atoms with van der Waals surface area (Å²) in [4.78, 5) is 33.6. The van der Waals surface area contributed by atoms with Gasteiger partial charge in [-0.1, -0.05) is 27.7 Å². The van der Waals surface area contributed by atoms with Crippen LogP contribution in [0.2, 0.25) is 0 Å². The highest BCUT2D eigenvalue weighted by atomic mass is 16.8. The lowest BCUT2D eigenvalue weighted by molar-refractivity contribution is -0.275. The first-order chi connectivity index (χ1) is 18.5. The summed E-state index contributed by atoms with van der Waals surface area (Å²) in [6.07, 6.45) is -5.65. The van der Waals surface area contributed by atoms with E-state index in [0.29, 0.717) is 0 Å². The monoisotopic (exact) mass is 578 g/mol. The number of fused-ring (bicyclic) bond motifs is 1. The van der Waals surface area contributed by atoms with Crippen LogP contribution in [-0.2, 0) is 47.5 Å². The van der Waals surface area contributed by atoms with Crippen LogP contribution in [0.15, 0.2) is 0 Å².